The molecule has 0 aromatic heterocycles. The van der Waals surface area contributed by atoms with E-state index in [9.17, 15) is 19.7 Å². The average molecular weight is 252 g/mol. The Bertz CT molecular complexity index is 512. The first-order valence-electron chi connectivity index (χ1n) is 5.05. The Balaban J connectivity index is 3.03. The van der Waals surface area contributed by atoms with Crippen LogP contribution in [0.4, 0.5) is 5.69 Å². The molecule has 18 heavy (non-hydrogen) atoms. The van der Waals surface area contributed by atoms with Crippen LogP contribution in [-0.4, -0.2) is 40.4 Å². The lowest BCUT2D eigenvalue weighted by atomic mass is 10.1. The van der Waals surface area contributed by atoms with E-state index >= 15 is 0 Å². The second-order valence-electron chi connectivity index (χ2n) is 3.81. The molecule has 0 aliphatic carbocycles. The Labute approximate surface area is 103 Å². The van der Waals surface area contributed by atoms with Gasteiger partial charge in [-0.25, -0.2) is 0 Å². The molecule has 0 aliphatic rings. The van der Waals surface area contributed by atoms with Crippen molar-refractivity contribution in [1.29, 1.82) is 0 Å². The molecule has 1 aromatic carbocycles. The van der Waals surface area contributed by atoms with E-state index < -0.39 is 23.3 Å². The van der Waals surface area contributed by atoms with Crippen molar-refractivity contribution < 1.29 is 19.6 Å². The SMILES string of the molecule is Cc1ccc(C(=O)N(C)CC(=O)O)cc1[N+](=O)[O-]. The van der Waals surface area contributed by atoms with Crippen molar-refractivity contribution in [2.75, 3.05) is 13.6 Å². The number of benzene rings is 1. The van der Waals surface area contributed by atoms with Gasteiger partial charge in [0.1, 0.15) is 6.54 Å². The Hall–Kier alpha value is -2.44. The van der Waals surface area contributed by atoms with Crippen LogP contribution in [0.3, 0.4) is 0 Å². The summed E-state index contributed by atoms with van der Waals surface area (Å²) in [5.41, 5.74) is 0.373. The van der Waals surface area contributed by atoms with Crippen LogP contribution in [0, 0.1) is 17.0 Å². The number of hydrogen-bond donors (Lipinski definition) is 1. The summed E-state index contributed by atoms with van der Waals surface area (Å²) in [6.07, 6.45) is 0. The topological polar surface area (TPSA) is 101 Å². The van der Waals surface area contributed by atoms with E-state index in [1.807, 2.05) is 0 Å². The van der Waals surface area contributed by atoms with E-state index in [2.05, 4.69) is 0 Å². The van der Waals surface area contributed by atoms with Crippen LogP contribution in [0.2, 0.25) is 0 Å². The van der Waals surface area contributed by atoms with Crippen LogP contribution in [0.15, 0.2) is 18.2 Å². The van der Waals surface area contributed by atoms with Gasteiger partial charge in [0.25, 0.3) is 11.6 Å². The van der Waals surface area contributed by atoms with Crippen LogP contribution in [0.25, 0.3) is 0 Å². The molecule has 1 amide bonds. The molecular formula is C11H12N2O5. The molecule has 0 heterocycles. The van der Waals surface area contributed by atoms with Gasteiger partial charge in [0.05, 0.1) is 4.92 Å². The number of hydrogen-bond acceptors (Lipinski definition) is 4. The molecule has 0 radical (unpaired) electrons. The monoisotopic (exact) mass is 252 g/mol. The van der Waals surface area contributed by atoms with Crippen LogP contribution in [-0.2, 0) is 4.79 Å². The zero-order valence-electron chi connectivity index (χ0n) is 9.91. The molecule has 96 valence electrons. The number of carboxylic acid groups (broad SMARTS) is 1. The number of aryl methyl sites for hydroxylation is 1. The highest BCUT2D eigenvalue weighted by atomic mass is 16.6. The van der Waals surface area contributed by atoms with Crippen molar-refractivity contribution in [3.63, 3.8) is 0 Å². The summed E-state index contributed by atoms with van der Waals surface area (Å²) >= 11 is 0. The van der Waals surface area contributed by atoms with Gasteiger partial charge in [0, 0.05) is 24.2 Å². The van der Waals surface area contributed by atoms with Gasteiger partial charge >= 0.3 is 5.97 Å². The van der Waals surface area contributed by atoms with E-state index in [0.29, 0.717) is 5.56 Å². The van der Waals surface area contributed by atoms with Crippen molar-refractivity contribution >= 4 is 17.6 Å². The molecule has 0 unspecified atom stereocenters. The normalized spacial score (nSPS) is 9.89. The lowest BCUT2D eigenvalue weighted by Crippen LogP contribution is -2.31. The summed E-state index contributed by atoms with van der Waals surface area (Å²) < 4.78 is 0. The first-order valence-corrected chi connectivity index (χ1v) is 5.05. The fraction of sp³-hybridized carbons (Fsp3) is 0.273. The molecule has 0 spiro atoms. The molecule has 7 nitrogen and oxygen atoms in total. The van der Waals surface area contributed by atoms with Gasteiger partial charge in [-0.15, -0.1) is 0 Å². The summed E-state index contributed by atoms with van der Waals surface area (Å²) in [6, 6.07) is 4.04. The summed E-state index contributed by atoms with van der Waals surface area (Å²) in [4.78, 5) is 33.4. The number of aliphatic carboxylic acids is 1. The standard InChI is InChI=1S/C11H12N2O5/c1-7-3-4-8(5-9(7)13(17)18)11(16)12(2)6-10(14)15/h3-5H,6H2,1-2H3,(H,14,15). The molecule has 0 atom stereocenters. The number of carbonyl (C=O) groups excluding carboxylic acids is 1. The highest BCUT2D eigenvalue weighted by Gasteiger charge is 2.18. The number of carboxylic acids is 1. The lowest BCUT2D eigenvalue weighted by molar-refractivity contribution is -0.385. The molecular weight excluding hydrogens is 240 g/mol. The minimum Gasteiger partial charge on any atom is -0.480 e. The molecule has 0 bridgehead atoms. The predicted molar refractivity (Wildman–Crippen MR) is 62.4 cm³/mol. The molecule has 1 rings (SSSR count). The third kappa shape index (κ3) is 3.03. The smallest absolute Gasteiger partial charge is 0.323 e. The van der Waals surface area contributed by atoms with Crippen molar-refractivity contribution in [3.05, 3.63) is 39.4 Å². The highest BCUT2D eigenvalue weighted by Crippen LogP contribution is 2.19. The molecule has 7 heteroatoms. The fourth-order valence-corrected chi connectivity index (χ4v) is 1.43. The van der Waals surface area contributed by atoms with Crippen molar-refractivity contribution in [1.82, 2.24) is 4.90 Å². The maximum Gasteiger partial charge on any atom is 0.323 e. The van der Waals surface area contributed by atoms with Gasteiger partial charge in [-0.1, -0.05) is 6.07 Å². The number of nitro benzene ring substituents is 1. The Morgan fingerprint density at radius 1 is 1.44 bits per heavy atom. The third-order valence-electron chi connectivity index (χ3n) is 2.37. The largest absolute Gasteiger partial charge is 0.480 e. The van der Waals surface area contributed by atoms with E-state index in [1.165, 1.54) is 19.2 Å². The first kappa shape index (κ1) is 13.6. The quantitative estimate of drug-likeness (QED) is 0.637. The third-order valence-corrected chi connectivity index (χ3v) is 2.37. The molecule has 0 saturated heterocycles. The second-order valence-corrected chi connectivity index (χ2v) is 3.81. The van der Waals surface area contributed by atoms with Crippen LogP contribution >= 0.6 is 0 Å². The van der Waals surface area contributed by atoms with Crippen LogP contribution < -0.4 is 0 Å². The lowest BCUT2D eigenvalue weighted by Gasteiger charge is -2.14. The Kier molecular flexibility index (Phi) is 3.98. The van der Waals surface area contributed by atoms with Crippen molar-refractivity contribution in [3.8, 4) is 0 Å². The zero-order valence-corrected chi connectivity index (χ0v) is 9.91. The number of nitro groups is 1. The maximum absolute atomic E-state index is 11.8. The maximum atomic E-state index is 11.8. The molecule has 0 fully saturated rings. The minimum atomic E-state index is -1.15. The number of likely N-dealkylation sites (N-methyl/N-ethyl adjacent to an activating group) is 1. The molecule has 1 aromatic rings. The van der Waals surface area contributed by atoms with Crippen LogP contribution in [0.5, 0.6) is 0 Å². The number of rotatable bonds is 4. The van der Waals surface area contributed by atoms with Gasteiger partial charge in [0.15, 0.2) is 0 Å². The Morgan fingerprint density at radius 3 is 2.56 bits per heavy atom. The van der Waals surface area contributed by atoms with E-state index in [4.69, 9.17) is 5.11 Å². The summed E-state index contributed by atoms with van der Waals surface area (Å²) in [6.45, 7) is 1.11. The predicted octanol–water partition coefficient (Wildman–Crippen LogP) is 1.06. The second kappa shape index (κ2) is 5.26. The molecule has 0 saturated carbocycles. The van der Waals surface area contributed by atoms with Gasteiger partial charge < -0.3 is 10.0 Å². The summed E-state index contributed by atoms with van der Waals surface area (Å²) in [5, 5.41) is 19.3. The number of carbonyl (C=O) groups is 2. The van der Waals surface area contributed by atoms with Crippen molar-refractivity contribution in [2.24, 2.45) is 0 Å². The highest BCUT2D eigenvalue weighted by molar-refractivity contribution is 5.96. The van der Waals surface area contributed by atoms with Gasteiger partial charge in [-0.3, -0.25) is 19.7 Å². The van der Waals surface area contributed by atoms with Gasteiger partial charge in [-0.05, 0) is 13.0 Å². The van der Waals surface area contributed by atoms with Gasteiger partial charge in [0.2, 0.25) is 0 Å². The number of nitrogens with zero attached hydrogens (tertiary/aromatic N) is 2. The van der Waals surface area contributed by atoms with Crippen molar-refractivity contribution in [2.45, 2.75) is 6.92 Å². The number of amides is 1. The van der Waals surface area contributed by atoms with E-state index in [0.717, 1.165) is 11.0 Å². The van der Waals surface area contributed by atoms with Crippen LogP contribution in [0.1, 0.15) is 15.9 Å². The molecule has 1 N–H and O–H groups in total. The average Bonchev–Trinajstić information content (AvgIpc) is 2.27. The minimum absolute atomic E-state index is 0.0936. The van der Waals surface area contributed by atoms with E-state index in [1.54, 1.807) is 6.92 Å². The summed E-state index contributed by atoms with van der Waals surface area (Å²) in [5.74, 6) is -1.71. The van der Waals surface area contributed by atoms with Gasteiger partial charge in [-0.2, -0.15) is 0 Å². The Morgan fingerprint density at radius 2 is 2.06 bits per heavy atom. The first-order chi connectivity index (χ1) is 8.32. The summed E-state index contributed by atoms with van der Waals surface area (Å²) in [7, 11) is 1.32. The fourth-order valence-electron chi connectivity index (χ4n) is 1.43. The zero-order chi connectivity index (χ0) is 13.9. The molecule has 0 aliphatic heterocycles. The van der Waals surface area contributed by atoms with E-state index in [-0.39, 0.29) is 11.3 Å².